The number of nitrogens with zero attached hydrogens (tertiary/aromatic N) is 1. The highest BCUT2D eigenvalue weighted by molar-refractivity contribution is 8.00. The molecule has 2 heterocycles. The van der Waals surface area contributed by atoms with Crippen LogP contribution in [0, 0.1) is 0 Å². The van der Waals surface area contributed by atoms with Crippen LogP contribution in [0.1, 0.15) is 5.56 Å². The number of pyridine rings is 1. The maximum atomic E-state index is 9.02. The molecule has 1 aliphatic heterocycles. The third kappa shape index (κ3) is 1.51. The molecule has 0 bridgehead atoms. The van der Waals surface area contributed by atoms with Crippen molar-refractivity contribution in [3.05, 3.63) is 17.8 Å². The average Bonchev–Trinajstić information content (AvgIpc) is 2.59. The number of methoxy groups -OCH3 is 1. The average molecular weight is 197 g/mol. The number of hydrogen-bond donors (Lipinski definition) is 1. The Hall–Kier alpha value is -0.740. The minimum absolute atomic E-state index is 0.211. The number of aromatic nitrogens is 1. The van der Waals surface area contributed by atoms with Gasteiger partial charge in [0.2, 0.25) is 5.88 Å². The molecule has 0 spiro atoms. The number of thioether (sulfide) groups is 1. The van der Waals surface area contributed by atoms with E-state index in [2.05, 4.69) is 4.98 Å². The number of fused-ring (bicyclic) bond motifs is 1. The van der Waals surface area contributed by atoms with E-state index in [0.717, 1.165) is 12.0 Å². The van der Waals surface area contributed by atoms with Crippen LogP contribution in [0.4, 0.5) is 0 Å². The lowest BCUT2D eigenvalue weighted by Gasteiger charge is -2.03. The van der Waals surface area contributed by atoms with Crippen molar-refractivity contribution in [3.63, 3.8) is 0 Å². The molecule has 1 aromatic heterocycles. The van der Waals surface area contributed by atoms with Gasteiger partial charge in [0, 0.05) is 21.9 Å². The molecular weight excluding hydrogens is 186 g/mol. The zero-order valence-electron chi connectivity index (χ0n) is 7.36. The van der Waals surface area contributed by atoms with Gasteiger partial charge in [-0.2, -0.15) is 0 Å². The van der Waals surface area contributed by atoms with Crippen molar-refractivity contribution in [2.45, 2.75) is 16.6 Å². The monoisotopic (exact) mass is 197 g/mol. The molecule has 0 aliphatic carbocycles. The van der Waals surface area contributed by atoms with Gasteiger partial charge in [-0.3, -0.25) is 0 Å². The molecule has 1 aliphatic rings. The molecule has 0 aromatic carbocycles. The first-order chi connectivity index (χ1) is 6.35. The predicted molar refractivity (Wildman–Crippen MR) is 51.2 cm³/mol. The molecule has 0 fully saturated rings. The summed E-state index contributed by atoms with van der Waals surface area (Å²) in [5.41, 5.74) is 1.13. The third-order valence-electron chi connectivity index (χ3n) is 2.10. The fourth-order valence-corrected chi connectivity index (χ4v) is 2.62. The highest BCUT2D eigenvalue weighted by atomic mass is 32.2. The van der Waals surface area contributed by atoms with Gasteiger partial charge in [-0.25, -0.2) is 4.98 Å². The summed E-state index contributed by atoms with van der Waals surface area (Å²) in [6.45, 7) is 0.211. The normalized spacial score (nSPS) is 20.0. The largest absolute Gasteiger partial charge is 0.481 e. The van der Waals surface area contributed by atoms with Crippen molar-refractivity contribution in [1.82, 2.24) is 4.98 Å². The van der Waals surface area contributed by atoms with E-state index in [-0.39, 0.29) is 11.9 Å². The Bertz CT molecular complexity index is 316. The molecule has 3 nitrogen and oxygen atoms in total. The molecule has 4 heteroatoms. The molecule has 2 rings (SSSR count). The molecule has 0 amide bonds. The summed E-state index contributed by atoms with van der Waals surface area (Å²) in [6, 6.07) is 1.97. The van der Waals surface area contributed by atoms with Crippen molar-refractivity contribution >= 4 is 11.8 Å². The van der Waals surface area contributed by atoms with Crippen molar-refractivity contribution in [2.75, 3.05) is 13.7 Å². The Kier molecular flexibility index (Phi) is 2.42. The molecule has 13 heavy (non-hydrogen) atoms. The molecule has 1 unspecified atom stereocenters. The first-order valence-electron chi connectivity index (χ1n) is 4.14. The summed E-state index contributed by atoms with van der Waals surface area (Å²) in [7, 11) is 1.62. The fourth-order valence-electron chi connectivity index (χ4n) is 1.48. The van der Waals surface area contributed by atoms with Crippen molar-refractivity contribution in [2.24, 2.45) is 0 Å². The summed E-state index contributed by atoms with van der Waals surface area (Å²) >= 11 is 1.70. The summed E-state index contributed by atoms with van der Waals surface area (Å²) in [5.74, 6) is 0.695. The molecule has 0 radical (unpaired) electrons. The molecule has 1 aromatic rings. The SMILES string of the molecule is COc1nccc2c1CC(CO)S2. The maximum Gasteiger partial charge on any atom is 0.217 e. The summed E-state index contributed by atoms with van der Waals surface area (Å²) in [4.78, 5) is 5.31. The Morgan fingerprint density at radius 2 is 2.62 bits per heavy atom. The number of ether oxygens (including phenoxy) is 1. The second-order valence-electron chi connectivity index (χ2n) is 2.92. The molecule has 0 saturated carbocycles. The van der Waals surface area contributed by atoms with E-state index in [0.29, 0.717) is 5.88 Å². The smallest absolute Gasteiger partial charge is 0.217 e. The van der Waals surface area contributed by atoms with Crippen LogP contribution in [0.15, 0.2) is 17.2 Å². The summed E-state index contributed by atoms with van der Waals surface area (Å²) in [5, 5.41) is 9.29. The van der Waals surface area contributed by atoms with Crippen LogP contribution in [0.5, 0.6) is 5.88 Å². The lowest BCUT2D eigenvalue weighted by molar-refractivity contribution is 0.294. The first kappa shape index (κ1) is 8.84. The number of hydrogen-bond acceptors (Lipinski definition) is 4. The van der Waals surface area contributed by atoms with Gasteiger partial charge in [0.15, 0.2) is 0 Å². The van der Waals surface area contributed by atoms with E-state index in [4.69, 9.17) is 9.84 Å². The van der Waals surface area contributed by atoms with E-state index in [1.807, 2.05) is 6.07 Å². The minimum atomic E-state index is 0.211. The maximum absolute atomic E-state index is 9.02. The van der Waals surface area contributed by atoms with E-state index >= 15 is 0 Å². The topological polar surface area (TPSA) is 42.4 Å². The Labute approximate surface area is 81.1 Å². The zero-order valence-corrected chi connectivity index (χ0v) is 8.17. The van der Waals surface area contributed by atoms with Crippen molar-refractivity contribution in [3.8, 4) is 5.88 Å². The molecule has 0 saturated heterocycles. The van der Waals surface area contributed by atoms with Gasteiger partial charge < -0.3 is 9.84 Å². The minimum Gasteiger partial charge on any atom is -0.481 e. The Balaban J connectivity index is 2.33. The van der Waals surface area contributed by atoms with Crippen LogP contribution < -0.4 is 4.74 Å². The lowest BCUT2D eigenvalue weighted by Crippen LogP contribution is -2.06. The highest BCUT2D eigenvalue weighted by Crippen LogP contribution is 2.40. The molecule has 70 valence electrons. The van der Waals surface area contributed by atoms with Gasteiger partial charge in [0.1, 0.15) is 0 Å². The van der Waals surface area contributed by atoms with Crippen LogP contribution in [0.3, 0.4) is 0 Å². The number of aliphatic hydroxyl groups is 1. The molecule has 1 N–H and O–H groups in total. The standard InChI is InChI=1S/C9H11NO2S/c1-12-9-7-4-6(5-11)13-8(7)2-3-10-9/h2-3,6,11H,4-5H2,1H3. The van der Waals surface area contributed by atoms with E-state index in [1.54, 1.807) is 25.1 Å². The van der Waals surface area contributed by atoms with E-state index < -0.39 is 0 Å². The predicted octanol–water partition coefficient (Wildman–Crippen LogP) is 1.10. The van der Waals surface area contributed by atoms with Crippen LogP contribution in [-0.2, 0) is 6.42 Å². The number of aliphatic hydroxyl groups excluding tert-OH is 1. The van der Waals surface area contributed by atoms with Crippen LogP contribution >= 0.6 is 11.8 Å². The molecular formula is C9H11NO2S. The van der Waals surface area contributed by atoms with Crippen LogP contribution in [0.2, 0.25) is 0 Å². The van der Waals surface area contributed by atoms with Gasteiger partial charge >= 0.3 is 0 Å². The second-order valence-corrected chi connectivity index (χ2v) is 4.27. The summed E-state index contributed by atoms with van der Waals surface area (Å²) < 4.78 is 5.14. The first-order valence-corrected chi connectivity index (χ1v) is 5.02. The van der Waals surface area contributed by atoms with Crippen LogP contribution in [-0.4, -0.2) is 29.1 Å². The van der Waals surface area contributed by atoms with E-state index in [1.165, 1.54) is 4.90 Å². The quantitative estimate of drug-likeness (QED) is 0.771. The van der Waals surface area contributed by atoms with Gasteiger partial charge in [-0.15, -0.1) is 11.8 Å². The van der Waals surface area contributed by atoms with Crippen molar-refractivity contribution < 1.29 is 9.84 Å². The fraction of sp³-hybridized carbons (Fsp3) is 0.444. The zero-order chi connectivity index (χ0) is 9.26. The Morgan fingerprint density at radius 1 is 1.77 bits per heavy atom. The van der Waals surface area contributed by atoms with Gasteiger partial charge in [0.05, 0.1) is 13.7 Å². The lowest BCUT2D eigenvalue weighted by atomic mass is 10.1. The summed E-state index contributed by atoms with van der Waals surface area (Å²) in [6.07, 6.45) is 2.60. The highest BCUT2D eigenvalue weighted by Gasteiger charge is 2.24. The van der Waals surface area contributed by atoms with Gasteiger partial charge in [-0.05, 0) is 12.5 Å². The van der Waals surface area contributed by atoms with Crippen molar-refractivity contribution in [1.29, 1.82) is 0 Å². The van der Waals surface area contributed by atoms with Gasteiger partial charge in [0.25, 0.3) is 0 Å². The van der Waals surface area contributed by atoms with E-state index in [9.17, 15) is 0 Å². The van der Waals surface area contributed by atoms with Gasteiger partial charge in [-0.1, -0.05) is 0 Å². The third-order valence-corrected chi connectivity index (χ3v) is 3.38. The number of rotatable bonds is 2. The Morgan fingerprint density at radius 3 is 3.31 bits per heavy atom. The molecule has 1 atom stereocenters. The second kappa shape index (κ2) is 3.55. The van der Waals surface area contributed by atoms with Crippen LogP contribution in [0.25, 0.3) is 0 Å².